The highest BCUT2D eigenvalue weighted by Gasteiger charge is 2.20. The van der Waals surface area contributed by atoms with Gasteiger partial charge in [0.1, 0.15) is 0 Å². The SMILES string of the molecule is O=C(O)c1ncccc1NC1CCS(=O)CC1. The van der Waals surface area contributed by atoms with Gasteiger partial charge >= 0.3 is 5.97 Å². The number of carboxylic acids is 1. The van der Waals surface area contributed by atoms with Gasteiger partial charge in [0.25, 0.3) is 0 Å². The van der Waals surface area contributed by atoms with Gasteiger partial charge in [-0.05, 0) is 25.0 Å². The maximum absolute atomic E-state index is 11.2. The third kappa shape index (κ3) is 3.03. The van der Waals surface area contributed by atoms with Crippen LogP contribution in [0.5, 0.6) is 0 Å². The summed E-state index contributed by atoms with van der Waals surface area (Å²) in [6.07, 6.45) is 3.08. The molecule has 2 heterocycles. The summed E-state index contributed by atoms with van der Waals surface area (Å²) in [5.74, 6) is 0.327. The summed E-state index contributed by atoms with van der Waals surface area (Å²) in [5.41, 5.74) is 0.580. The van der Waals surface area contributed by atoms with E-state index in [-0.39, 0.29) is 11.7 Å². The molecule has 1 fully saturated rings. The predicted molar refractivity (Wildman–Crippen MR) is 65.7 cm³/mol. The second-order valence-electron chi connectivity index (χ2n) is 3.97. The van der Waals surface area contributed by atoms with Crippen LogP contribution in [0.4, 0.5) is 5.69 Å². The number of pyridine rings is 1. The fourth-order valence-electron chi connectivity index (χ4n) is 1.85. The Morgan fingerprint density at radius 2 is 2.18 bits per heavy atom. The summed E-state index contributed by atoms with van der Waals surface area (Å²) in [6, 6.07) is 3.60. The first-order chi connectivity index (χ1) is 8.16. The third-order valence-corrected chi connectivity index (χ3v) is 4.14. The second-order valence-corrected chi connectivity index (χ2v) is 5.67. The molecule has 0 saturated carbocycles. The van der Waals surface area contributed by atoms with E-state index in [9.17, 15) is 9.00 Å². The smallest absolute Gasteiger partial charge is 0.356 e. The maximum Gasteiger partial charge on any atom is 0.356 e. The lowest BCUT2D eigenvalue weighted by molar-refractivity contribution is 0.0691. The molecule has 0 amide bonds. The number of anilines is 1. The van der Waals surface area contributed by atoms with Gasteiger partial charge in [-0.15, -0.1) is 0 Å². The Morgan fingerprint density at radius 1 is 1.47 bits per heavy atom. The molecule has 0 radical (unpaired) electrons. The van der Waals surface area contributed by atoms with Gasteiger partial charge in [-0.3, -0.25) is 4.21 Å². The number of nitrogens with zero attached hydrogens (tertiary/aromatic N) is 1. The molecule has 0 spiro atoms. The van der Waals surface area contributed by atoms with Gasteiger partial charge in [0.2, 0.25) is 0 Å². The number of carboxylic acid groups (broad SMARTS) is 1. The Bertz CT molecular complexity index is 440. The summed E-state index contributed by atoms with van der Waals surface area (Å²) in [7, 11) is -0.705. The molecule has 1 saturated heterocycles. The van der Waals surface area contributed by atoms with Crippen molar-refractivity contribution >= 4 is 22.5 Å². The summed E-state index contributed by atoms with van der Waals surface area (Å²) in [4.78, 5) is 14.8. The van der Waals surface area contributed by atoms with Gasteiger partial charge in [-0.25, -0.2) is 9.78 Å². The number of hydrogen-bond acceptors (Lipinski definition) is 4. The molecule has 6 heteroatoms. The van der Waals surface area contributed by atoms with Gasteiger partial charge in [-0.1, -0.05) is 0 Å². The molecule has 92 valence electrons. The summed E-state index contributed by atoms with van der Waals surface area (Å²) in [5, 5.41) is 12.2. The lowest BCUT2D eigenvalue weighted by Crippen LogP contribution is -2.30. The monoisotopic (exact) mass is 254 g/mol. The van der Waals surface area contributed by atoms with Crippen LogP contribution >= 0.6 is 0 Å². The summed E-state index contributed by atoms with van der Waals surface area (Å²) >= 11 is 0. The van der Waals surface area contributed by atoms with Crippen LogP contribution in [0.2, 0.25) is 0 Å². The van der Waals surface area contributed by atoms with E-state index >= 15 is 0 Å². The van der Waals surface area contributed by atoms with Crippen molar-refractivity contribution in [3.8, 4) is 0 Å². The molecule has 0 aliphatic carbocycles. The van der Waals surface area contributed by atoms with Gasteiger partial charge < -0.3 is 10.4 Å². The Labute approximate surface area is 102 Å². The molecule has 17 heavy (non-hydrogen) atoms. The number of nitrogens with one attached hydrogen (secondary N) is 1. The molecule has 2 N–H and O–H groups in total. The van der Waals surface area contributed by atoms with E-state index in [1.54, 1.807) is 12.1 Å². The Morgan fingerprint density at radius 3 is 2.82 bits per heavy atom. The normalized spacial score (nSPS) is 24.2. The van der Waals surface area contributed by atoms with Crippen LogP contribution in [0.1, 0.15) is 23.3 Å². The van der Waals surface area contributed by atoms with Crippen molar-refractivity contribution in [2.24, 2.45) is 0 Å². The van der Waals surface area contributed by atoms with E-state index in [4.69, 9.17) is 5.11 Å². The van der Waals surface area contributed by atoms with Crippen LogP contribution < -0.4 is 5.32 Å². The molecule has 1 aromatic heterocycles. The van der Waals surface area contributed by atoms with Crippen LogP contribution in [0.15, 0.2) is 18.3 Å². The molecule has 2 rings (SSSR count). The van der Waals surface area contributed by atoms with E-state index < -0.39 is 16.8 Å². The summed E-state index contributed by atoms with van der Waals surface area (Å²) < 4.78 is 11.2. The molecule has 0 unspecified atom stereocenters. The molecular formula is C11H14N2O3S. The van der Waals surface area contributed by atoms with E-state index in [0.717, 1.165) is 12.8 Å². The van der Waals surface area contributed by atoms with E-state index in [2.05, 4.69) is 10.3 Å². The van der Waals surface area contributed by atoms with Crippen molar-refractivity contribution < 1.29 is 14.1 Å². The quantitative estimate of drug-likeness (QED) is 0.844. The predicted octanol–water partition coefficient (Wildman–Crippen LogP) is 1.10. The van der Waals surface area contributed by atoms with Gasteiger partial charge in [-0.2, -0.15) is 0 Å². The number of aromatic carboxylic acids is 1. The standard InChI is InChI=1S/C11H14N2O3S/c14-11(15)10-9(2-1-5-12-10)13-8-3-6-17(16)7-4-8/h1-2,5,8,13H,3-4,6-7H2,(H,14,15). The van der Waals surface area contributed by atoms with E-state index in [0.29, 0.717) is 17.2 Å². The van der Waals surface area contributed by atoms with E-state index in [1.807, 2.05) is 0 Å². The Hall–Kier alpha value is -1.43. The number of carbonyl (C=O) groups is 1. The molecule has 0 atom stereocenters. The zero-order chi connectivity index (χ0) is 12.3. The summed E-state index contributed by atoms with van der Waals surface area (Å²) in [6.45, 7) is 0. The van der Waals surface area contributed by atoms with Gasteiger partial charge in [0, 0.05) is 34.5 Å². The third-order valence-electron chi connectivity index (χ3n) is 2.76. The van der Waals surface area contributed by atoms with Crippen LogP contribution in [0, 0.1) is 0 Å². The van der Waals surface area contributed by atoms with Gasteiger partial charge in [0.15, 0.2) is 5.69 Å². The van der Waals surface area contributed by atoms with Crippen LogP contribution in [0.3, 0.4) is 0 Å². The molecule has 5 nitrogen and oxygen atoms in total. The van der Waals surface area contributed by atoms with Crippen LogP contribution in [-0.4, -0.2) is 37.8 Å². The highest BCUT2D eigenvalue weighted by Crippen LogP contribution is 2.18. The van der Waals surface area contributed by atoms with Crippen molar-refractivity contribution in [1.29, 1.82) is 0 Å². The number of rotatable bonds is 3. The van der Waals surface area contributed by atoms with Crippen LogP contribution in [0.25, 0.3) is 0 Å². The van der Waals surface area contributed by atoms with Gasteiger partial charge in [0.05, 0.1) is 5.69 Å². The largest absolute Gasteiger partial charge is 0.476 e. The zero-order valence-corrected chi connectivity index (χ0v) is 10.1. The second kappa shape index (κ2) is 5.27. The minimum Gasteiger partial charge on any atom is -0.476 e. The van der Waals surface area contributed by atoms with Crippen molar-refractivity contribution in [2.75, 3.05) is 16.8 Å². The lowest BCUT2D eigenvalue weighted by Gasteiger charge is -2.23. The van der Waals surface area contributed by atoms with Crippen molar-refractivity contribution in [3.63, 3.8) is 0 Å². The molecule has 1 aliphatic heterocycles. The number of hydrogen-bond donors (Lipinski definition) is 2. The Kier molecular flexibility index (Phi) is 3.73. The zero-order valence-electron chi connectivity index (χ0n) is 9.26. The fourth-order valence-corrected chi connectivity index (χ4v) is 3.15. The first-order valence-corrected chi connectivity index (χ1v) is 6.95. The molecule has 0 bridgehead atoms. The number of aromatic nitrogens is 1. The minimum atomic E-state index is -1.03. The molecule has 1 aliphatic rings. The molecule has 1 aromatic rings. The average Bonchev–Trinajstić information content (AvgIpc) is 2.32. The maximum atomic E-state index is 11.2. The topological polar surface area (TPSA) is 79.3 Å². The molecular weight excluding hydrogens is 240 g/mol. The van der Waals surface area contributed by atoms with Crippen molar-refractivity contribution in [3.05, 3.63) is 24.0 Å². The highest BCUT2D eigenvalue weighted by molar-refractivity contribution is 7.85. The molecule has 0 aromatic carbocycles. The van der Waals surface area contributed by atoms with E-state index in [1.165, 1.54) is 6.20 Å². The average molecular weight is 254 g/mol. The van der Waals surface area contributed by atoms with Crippen molar-refractivity contribution in [2.45, 2.75) is 18.9 Å². The lowest BCUT2D eigenvalue weighted by atomic mass is 10.1. The fraction of sp³-hybridized carbons (Fsp3) is 0.455. The van der Waals surface area contributed by atoms with Crippen LogP contribution in [-0.2, 0) is 10.8 Å². The minimum absolute atomic E-state index is 0.0409. The first kappa shape index (κ1) is 12.0. The highest BCUT2D eigenvalue weighted by atomic mass is 32.2. The van der Waals surface area contributed by atoms with Crippen molar-refractivity contribution in [1.82, 2.24) is 4.98 Å². The Balaban J connectivity index is 2.08. The first-order valence-electron chi connectivity index (χ1n) is 5.46.